The van der Waals surface area contributed by atoms with E-state index in [0.29, 0.717) is 17.9 Å². The number of anilines is 1. The Morgan fingerprint density at radius 2 is 2.17 bits per heavy atom. The molecule has 0 aromatic carbocycles. The quantitative estimate of drug-likeness (QED) is 0.889. The number of pyridine rings is 1. The minimum Gasteiger partial charge on any atom is -0.478 e. The molecule has 2 heterocycles. The van der Waals surface area contributed by atoms with Gasteiger partial charge in [-0.05, 0) is 47.4 Å². The van der Waals surface area contributed by atoms with Crippen LogP contribution in [0.4, 0.5) is 5.82 Å². The molecule has 4 nitrogen and oxygen atoms in total. The van der Waals surface area contributed by atoms with Crippen molar-refractivity contribution in [3.8, 4) is 0 Å². The molecule has 2 aromatic heterocycles. The van der Waals surface area contributed by atoms with E-state index in [1.54, 1.807) is 30.5 Å². The Hall–Kier alpha value is -1.88. The minimum absolute atomic E-state index is 0.241. The summed E-state index contributed by atoms with van der Waals surface area (Å²) in [5.41, 5.74) is 3.32. The van der Waals surface area contributed by atoms with Crippen LogP contribution in [-0.2, 0) is 6.54 Å². The lowest BCUT2D eigenvalue weighted by molar-refractivity contribution is 0.0697. The summed E-state index contributed by atoms with van der Waals surface area (Å²) < 4.78 is 0. The molecule has 2 rings (SSSR count). The van der Waals surface area contributed by atoms with Crippen LogP contribution in [0, 0.1) is 13.8 Å². The lowest BCUT2D eigenvalue weighted by Crippen LogP contribution is -2.10. The van der Waals surface area contributed by atoms with Crippen LogP contribution in [0.3, 0.4) is 0 Å². The van der Waals surface area contributed by atoms with Crippen molar-refractivity contribution in [2.45, 2.75) is 20.4 Å². The van der Waals surface area contributed by atoms with E-state index in [4.69, 9.17) is 0 Å². The number of carboxylic acid groups (broad SMARTS) is 1. The van der Waals surface area contributed by atoms with Crippen LogP contribution in [0.2, 0.25) is 0 Å². The molecule has 0 saturated carbocycles. The van der Waals surface area contributed by atoms with E-state index in [1.165, 1.54) is 11.1 Å². The van der Waals surface area contributed by atoms with Gasteiger partial charge >= 0.3 is 5.97 Å². The van der Waals surface area contributed by atoms with Gasteiger partial charge in [0.15, 0.2) is 0 Å². The summed E-state index contributed by atoms with van der Waals surface area (Å²) in [5, 5.41) is 16.4. The number of carboxylic acids is 1. The van der Waals surface area contributed by atoms with Gasteiger partial charge in [0.2, 0.25) is 0 Å². The van der Waals surface area contributed by atoms with Gasteiger partial charge in [-0.2, -0.15) is 11.3 Å². The Morgan fingerprint density at radius 1 is 1.39 bits per heavy atom. The maximum Gasteiger partial charge on any atom is 0.339 e. The fourth-order valence-electron chi connectivity index (χ4n) is 1.71. The summed E-state index contributed by atoms with van der Waals surface area (Å²) in [6.45, 7) is 4.40. The summed E-state index contributed by atoms with van der Waals surface area (Å²) in [6.07, 6.45) is 1.62. The van der Waals surface area contributed by atoms with E-state index in [0.717, 1.165) is 0 Å². The second-order valence-electron chi connectivity index (χ2n) is 4.09. The first-order valence-electron chi connectivity index (χ1n) is 5.54. The van der Waals surface area contributed by atoms with Gasteiger partial charge in [0.25, 0.3) is 0 Å². The lowest BCUT2D eigenvalue weighted by Gasteiger charge is -2.10. The zero-order valence-corrected chi connectivity index (χ0v) is 11.0. The Labute approximate surface area is 109 Å². The standard InChI is InChI=1S/C13H14N2O2S/c1-8-3-4-14-12(11(8)13(16)17)15-5-10-7-18-6-9(10)2/h3-4,6-7H,5H2,1-2H3,(H,14,15)(H,16,17). The third-order valence-electron chi connectivity index (χ3n) is 2.78. The number of aryl methyl sites for hydroxylation is 2. The molecule has 18 heavy (non-hydrogen) atoms. The van der Waals surface area contributed by atoms with E-state index in [9.17, 15) is 9.90 Å². The fraction of sp³-hybridized carbons (Fsp3) is 0.231. The second-order valence-corrected chi connectivity index (χ2v) is 4.83. The van der Waals surface area contributed by atoms with Crippen molar-refractivity contribution in [3.05, 3.63) is 45.3 Å². The minimum atomic E-state index is -0.954. The van der Waals surface area contributed by atoms with Gasteiger partial charge < -0.3 is 10.4 Å². The van der Waals surface area contributed by atoms with E-state index in [1.807, 2.05) is 6.92 Å². The zero-order chi connectivity index (χ0) is 13.1. The number of carbonyl (C=O) groups is 1. The summed E-state index contributed by atoms with van der Waals surface area (Å²) >= 11 is 1.64. The molecular weight excluding hydrogens is 248 g/mol. The predicted molar refractivity (Wildman–Crippen MR) is 72.3 cm³/mol. The third kappa shape index (κ3) is 2.51. The maximum absolute atomic E-state index is 11.2. The van der Waals surface area contributed by atoms with Gasteiger partial charge in [0.05, 0.1) is 0 Å². The molecule has 0 fully saturated rings. The Balaban J connectivity index is 2.22. The molecule has 0 radical (unpaired) electrons. The Morgan fingerprint density at radius 3 is 2.78 bits per heavy atom. The molecule has 0 aliphatic rings. The first-order chi connectivity index (χ1) is 8.59. The lowest BCUT2D eigenvalue weighted by atomic mass is 10.1. The highest BCUT2D eigenvalue weighted by molar-refractivity contribution is 7.08. The monoisotopic (exact) mass is 262 g/mol. The predicted octanol–water partition coefficient (Wildman–Crippen LogP) is 3.07. The van der Waals surface area contributed by atoms with Crippen molar-refractivity contribution in [1.29, 1.82) is 0 Å². The molecule has 0 amide bonds. The van der Waals surface area contributed by atoms with Crippen LogP contribution in [-0.4, -0.2) is 16.1 Å². The van der Waals surface area contributed by atoms with E-state index >= 15 is 0 Å². The molecule has 2 aromatic rings. The van der Waals surface area contributed by atoms with Crippen LogP contribution in [0.5, 0.6) is 0 Å². The summed E-state index contributed by atoms with van der Waals surface area (Å²) in [5.74, 6) is -0.529. The van der Waals surface area contributed by atoms with E-state index in [-0.39, 0.29) is 5.56 Å². The molecule has 0 atom stereocenters. The number of nitrogens with one attached hydrogen (secondary N) is 1. The van der Waals surface area contributed by atoms with Gasteiger partial charge in [-0.3, -0.25) is 0 Å². The Bertz CT molecular complexity index is 578. The van der Waals surface area contributed by atoms with Crippen LogP contribution in [0.25, 0.3) is 0 Å². The van der Waals surface area contributed by atoms with Gasteiger partial charge in [-0.25, -0.2) is 9.78 Å². The highest BCUT2D eigenvalue weighted by atomic mass is 32.1. The first-order valence-corrected chi connectivity index (χ1v) is 6.48. The number of aromatic nitrogens is 1. The molecule has 2 N–H and O–H groups in total. The first kappa shape index (κ1) is 12.6. The van der Waals surface area contributed by atoms with E-state index in [2.05, 4.69) is 21.1 Å². The van der Waals surface area contributed by atoms with Crippen molar-refractivity contribution in [3.63, 3.8) is 0 Å². The normalized spacial score (nSPS) is 10.3. The Kier molecular flexibility index (Phi) is 3.62. The summed E-state index contributed by atoms with van der Waals surface area (Å²) in [4.78, 5) is 15.3. The molecule has 94 valence electrons. The van der Waals surface area contributed by atoms with Crippen molar-refractivity contribution in [2.24, 2.45) is 0 Å². The molecule has 5 heteroatoms. The molecular formula is C13H14N2O2S. The fourth-order valence-corrected chi connectivity index (χ4v) is 2.57. The van der Waals surface area contributed by atoms with E-state index < -0.39 is 5.97 Å². The van der Waals surface area contributed by atoms with Gasteiger partial charge in [0.1, 0.15) is 11.4 Å². The van der Waals surface area contributed by atoms with Gasteiger partial charge in [0, 0.05) is 12.7 Å². The number of hydrogen-bond acceptors (Lipinski definition) is 4. The molecule has 0 bridgehead atoms. The van der Waals surface area contributed by atoms with Crippen molar-refractivity contribution < 1.29 is 9.90 Å². The second kappa shape index (κ2) is 5.18. The zero-order valence-electron chi connectivity index (χ0n) is 10.2. The highest BCUT2D eigenvalue weighted by Gasteiger charge is 2.14. The molecule has 0 unspecified atom stereocenters. The van der Waals surface area contributed by atoms with Gasteiger partial charge in [-0.15, -0.1) is 0 Å². The summed E-state index contributed by atoms with van der Waals surface area (Å²) in [6, 6.07) is 1.70. The number of hydrogen-bond donors (Lipinski definition) is 2. The largest absolute Gasteiger partial charge is 0.478 e. The number of nitrogens with zero attached hydrogens (tertiary/aromatic N) is 1. The average molecular weight is 262 g/mol. The molecule has 0 aliphatic carbocycles. The van der Waals surface area contributed by atoms with Crippen molar-refractivity contribution >= 4 is 23.1 Å². The topological polar surface area (TPSA) is 62.2 Å². The SMILES string of the molecule is Cc1cscc1CNc1nccc(C)c1C(=O)O. The third-order valence-corrected chi connectivity index (χ3v) is 3.69. The summed E-state index contributed by atoms with van der Waals surface area (Å²) in [7, 11) is 0. The molecule has 0 saturated heterocycles. The molecule has 0 aliphatic heterocycles. The maximum atomic E-state index is 11.2. The average Bonchev–Trinajstić information content (AvgIpc) is 2.71. The van der Waals surface area contributed by atoms with Crippen LogP contribution in [0.15, 0.2) is 23.0 Å². The van der Waals surface area contributed by atoms with Gasteiger partial charge in [-0.1, -0.05) is 0 Å². The van der Waals surface area contributed by atoms with Crippen molar-refractivity contribution in [1.82, 2.24) is 4.98 Å². The number of thiophene rings is 1. The van der Waals surface area contributed by atoms with Crippen LogP contribution < -0.4 is 5.32 Å². The number of aromatic carboxylic acids is 1. The van der Waals surface area contributed by atoms with Crippen LogP contribution >= 0.6 is 11.3 Å². The van der Waals surface area contributed by atoms with Crippen molar-refractivity contribution in [2.75, 3.05) is 5.32 Å². The highest BCUT2D eigenvalue weighted by Crippen LogP contribution is 2.19. The number of rotatable bonds is 4. The molecule has 0 spiro atoms. The smallest absolute Gasteiger partial charge is 0.339 e. The van der Waals surface area contributed by atoms with Crippen LogP contribution in [0.1, 0.15) is 27.0 Å².